The Labute approximate surface area is 110 Å². The number of ether oxygens (including phenoxy) is 1. The van der Waals surface area contributed by atoms with Crippen molar-refractivity contribution in [1.29, 1.82) is 0 Å². The summed E-state index contributed by atoms with van der Waals surface area (Å²) in [7, 11) is 0. The monoisotopic (exact) mass is 245 g/mol. The predicted octanol–water partition coefficient (Wildman–Crippen LogP) is 3.66. The lowest BCUT2D eigenvalue weighted by Gasteiger charge is -2.09. The molecule has 1 rings (SSSR count). The highest BCUT2D eigenvalue weighted by atomic mass is 16.5. The average Bonchev–Trinajstić information content (AvgIpc) is 2.42. The highest BCUT2D eigenvalue weighted by Gasteiger charge is 1.94. The summed E-state index contributed by atoms with van der Waals surface area (Å²) in [4.78, 5) is 0. The van der Waals surface area contributed by atoms with E-state index in [2.05, 4.69) is 31.0 Å². The van der Waals surface area contributed by atoms with Crippen molar-refractivity contribution < 1.29 is 4.74 Å². The summed E-state index contributed by atoms with van der Waals surface area (Å²) in [6, 6.07) is 10.3. The van der Waals surface area contributed by atoms with Crippen molar-refractivity contribution in [1.82, 2.24) is 5.32 Å². The van der Waals surface area contributed by atoms with Crippen LogP contribution in [0.15, 0.2) is 54.8 Å². The Hall–Kier alpha value is -1.54. The normalized spacial score (nSPS) is 11.3. The van der Waals surface area contributed by atoms with E-state index in [0.717, 1.165) is 26.0 Å². The van der Waals surface area contributed by atoms with Crippen LogP contribution in [0.1, 0.15) is 25.3 Å². The van der Waals surface area contributed by atoms with E-state index in [-0.39, 0.29) is 0 Å². The quantitative estimate of drug-likeness (QED) is 0.529. The lowest BCUT2D eigenvalue weighted by atomic mass is 10.2. The molecule has 0 fully saturated rings. The minimum atomic E-state index is 0.698. The van der Waals surface area contributed by atoms with Crippen LogP contribution in [-0.2, 0) is 11.3 Å². The smallest absolute Gasteiger partial charge is 0.0716 e. The minimum Gasteiger partial charge on any atom is -0.388 e. The molecule has 0 unspecified atom stereocenters. The van der Waals surface area contributed by atoms with Gasteiger partial charge < -0.3 is 10.1 Å². The lowest BCUT2D eigenvalue weighted by molar-refractivity contribution is 0.119. The van der Waals surface area contributed by atoms with Crippen molar-refractivity contribution in [3.63, 3.8) is 0 Å². The summed E-state index contributed by atoms with van der Waals surface area (Å²) in [5.74, 6) is 0. The zero-order valence-corrected chi connectivity index (χ0v) is 11.2. The van der Waals surface area contributed by atoms with Gasteiger partial charge in [0.05, 0.1) is 6.61 Å². The third kappa shape index (κ3) is 6.26. The average molecular weight is 245 g/mol. The molecule has 0 aromatic heterocycles. The molecule has 0 aliphatic rings. The van der Waals surface area contributed by atoms with E-state index < -0.39 is 0 Å². The molecule has 0 saturated carbocycles. The van der Waals surface area contributed by atoms with Crippen LogP contribution in [0, 0.1) is 0 Å². The second-order valence-corrected chi connectivity index (χ2v) is 4.10. The highest BCUT2D eigenvalue weighted by molar-refractivity contribution is 5.13. The van der Waals surface area contributed by atoms with Gasteiger partial charge in [-0.15, -0.1) is 0 Å². The molecular weight excluding hydrogens is 222 g/mol. The third-order valence-electron chi connectivity index (χ3n) is 2.63. The summed E-state index contributed by atoms with van der Waals surface area (Å²) in [5, 5.41) is 3.38. The first-order chi connectivity index (χ1) is 8.86. The van der Waals surface area contributed by atoms with Gasteiger partial charge in [-0.05, 0) is 24.5 Å². The molecule has 1 N–H and O–H groups in total. The van der Waals surface area contributed by atoms with Gasteiger partial charge in [-0.2, -0.15) is 0 Å². The molecule has 0 spiro atoms. The van der Waals surface area contributed by atoms with Gasteiger partial charge in [0.2, 0.25) is 0 Å². The van der Waals surface area contributed by atoms with Crippen molar-refractivity contribution in [2.75, 3.05) is 13.2 Å². The maximum atomic E-state index is 5.62. The summed E-state index contributed by atoms with van der Waals surface area (Å²) in [6.07, 6.45) is 5.86. The lowest BCUT2D eigenvalue weighted by Crippen LogP contribution is -2.15. The Balaban J connectivity index is 2.05. The number of allylic oxidation sites excluding steroid dienone is 3. The van der Waals surface area contributed by atoms with E-state index in [1.165, 1.54) is 11.3 Å². The molecule has 0 atom stereocenters. The van der Waals surface area contributed by atoms with Crippen molar-refractivity contribution in [2.24, 2.45) is 0 Å². The van der Waals surface area contributed by atoms with Gasteiger partial charge in [0.1, 0.15) is 0 Å². The first-order valence-corrected chi connectivity index (χ1v) is 6.54. The van der Waals surface area contributed by atoms with Crippen LogP contribution in [0.25, 0.3) is 0 Å². The largest absolute Gasteiger partial charge is 0.388 e. The molecule has 18 heavy (non-hydrogen) atoms. The van der Waals surface area contributed by atoms with Crippen LogP contribution >= 0.6 is 0 Å². The van der Waals surface area contributed by atoms with E-state index >= 15 is 0 Å². The zero-order valence-electron chi connectivity index (χ0n) is 11.2. The molecule has 0 bridgehead atoms. The van der Waals surface area contributed by atoms with E-state index in [4.69, 9.17) is 4.74 Å². The molecule has 0 aliphatic heterocycles. The van der Waals surface area contributed by atoms with Gasteiger partial charge >= 0.3 is 0 Å². The fourth-order valence-corrected chi connectivity index (χ4v) is 1.63. The Morgan fingerprint density at radius 1 is 1.33 bits per heavy atom. The Morgan fingerprint density at radius 3 is 2.78 bits per heavy atom. The number of hydrogen-bond acceptors (Lipinski definition) is 2. The first kappa shape index (κ1) is 14.5. The van der Waals surface area contributed by atoms with Crippen molar-refractivity contribution in [2.45, 2.75) is 26.4 Å². The zero-order chi connectivity index (χ0) is 13.1. The van der Waals surface area contributed by atoms with Crippen molar-refractivity contribution in [3.8, 4) is 0 Å². The maximum absolute atomic E-state index is 5.62. The van der Waals surface area contributed by atoms with Crippen molar-refractivity contribution in [3.05, 3.63) is 60.3 Å². The first-order valence-electron chi connectivity index (χ1n) is 6.54. The molecule has 0 heterocycles. The number of benzene rings is 1. The number of rotatable bonds is 9. The van der Waals surface area contributed by atoms with Gasteiger partial charge in [0.25, 0.3) is 0 Å². The maximum Gasteiger partial charge on any atom is 0.0716 e. The van der Waals surface area contributed by atoms with E-state index in [0.29, 0.717) is 6.61 Å². The molecular formula is C16H23NO. The van der Waals surface area contributed by atoms with E-state index in [9.17, 15) is 0 Å². The standard InChI is InChI=1S/C16H23NO/c1-3-9-16(4-2)17-12-8-13-18-14-15-10-6-5-7-11-15/h3,5-7,9-11,17H,1,4,8,12-14H2,2H3/b16-9+. The van der Waals surface area contributed by atoms with Gasteiger partial charge in [-0.3, -0.25) is 0 Å². The summed E-state index contributed by atoms with van der Waals surface area (Å²) in [5.41, 5.74) is 2.46. The van der Waals surface area contributed by atoms with Gasteiger partial charge in [-0.1, -0.05) is 49.9 Å². The molecule has 1 aromatic carbocycles. The molecule has 0 aliphatic carbocycles. The molecule has 0 radical (unpaired) electrons. The van der Waals surface area contributed by atoms with Crippen LogP contribution in [0.5, 0.6) is 0 Å². The third-order valence-corrected chi connectivity index (χ3v) is 2.63. The Kier molecular flexibility index (Phi) is 7.65. The second kappa shape index (κ2) is 9.49. The molecule has 0 amide bonds. The second-order valence-electron chi connectivity index (χ2n) is 4.10. The van der Waals surface area contributed by atoms with Gasteiger partial charge in [0, 0.05) is 18.8 Å². The van der Waals surface area contributed by atoms with E-state index in [1.807, 2.05) is 30.4 Å². The molecule has 98 valence electrons. The molecule has 2 heteroatoms. The summed E-state index contributed by atoms with van der Waals surface area (Å²) < 4.78 is 5.62. The Morgan fingerprint density at radius 2 is 2.11 bits per heavy atom. The SMILES string of the molecule is C=C/C=C(\CC)NCCCOCc1ccccc1. The molecule has 1 aromatic rings. The van der Waals surface area contributed by atoms with E-state index in [1.54, 1.807) is 0 Å². The van der Waals surface area contributed by atoms with Crippen LogP contribution in [0.4, 0.5) is 0 Å². The fourth-order valence-electron chi connectivity index (χ4n) is 1.63. The van der Waals surface area contributed by atoms with Crippen LogP contribution in [0.2, 0.25) is 0 Å². The Bertz CT molecular complexity index is 357. The van der Waals surface area contributed by atoms with Crippen LogP contribution in [0.3, 0.4) is 0 Å². The topological polar surface area (TPSA) is 21.3 Å². The fraction of sp³-hybridized carbons (Fsp3) is 0.375. The molecule has 2 nitrogen and oxygen atoms in total. The van der Waals surface area contributed by atoms with Crippen LogP contribution < -0.4 is 5.32 Å². The van der Waals surface area contributed by atoms with Crippen molar-refractivity contribution >= 4 is 0 Å². The summed E-state index contributed by atoms with van der Waals surface area (Å²) >= 11 is 0. The predicted molar refractivity (Wildman–Crippen MR) is 77.3 cm³/mol. The van der Waals surface area contributed by atoms with Gasteiger partial charge in [-0.25, -0.2) is 0 Å². The minimum absolute atomic E-state index is 0.698. The van der Waals surface area contributed by atoms with Gasteiger partial charge in [0.15, 0.2) is 0 Å². The highest BCUT2D eigenvalue weighted by Crippen LogP contribution is 2.01. The molecule has 0 saturated heterocycles. The van der Waals surface area contributed by atoms with Crippen LogP contribution in [-0.4, -0.2) is 13.2 Å². The number of nitrogens with one attached hydrogen (secondary N) is 1. The summed E-state index contributed by atoms with van der Waals surface area (Å²) in [6.45, 7) is 8.26. The number of hydrogen-bond donors (Lipinski definition) is 1.